The molecule has 1 aromatic carbocycles. The van der Waals surface area contributed by atoms with E-state index in [4.69, 9.17) is 10.3 Å². The third-order valence-electron chi connectivity index (χ3n) is 4.05. The Labute approximate surface area is 117 Å². The fourth-order valence-corrected chi connectivity index (χ4v) is 2.73. The van der Waals surface area contributed by atoms with E-state index in [0.29, 0.717) is 23.0 Å². The second kappa shape index (κ2) is 5.23. The van der Waals surface area contributed by atoms with E-state index in [-0.39, 0.29) is 5.89 Å². The van der Waals surface area contributed by atoms with Crippen LogP contribution in [0.4, 0.5) is 10.1 Å². The number of aromatic nitrogens is 2. The predicted molar refractivity (Wildman–Crippen MR) is 74.5 cm³/mol. The van der Waals surface area contributed by atoms with Crippen LogP contribution in [-0.2, 0) is 0 Å². The summed E-state index contributed by atoms with van der Waals surface area (Å²) in [6.45, 7) is 2.27. The summed E-state index contributed by atoms with van der Waals surface area (Å²) in [6, 6.07) is 4.47. The first kappa shape index (κ1) is 13.1. The van der Waals surface area contributed by atoms with Crippen molar-refractivity contribution < 1.29 is 8.91 Å². The van der Waals surface area contributed by atoms with Crippen molar-refractivity contribution in [3.63, 3.8) is 0 Å². The number of rotatable bonds is 2. The lowest BCUT2D eigenvalue weighted by Crippen LogP contribution is -2.11. The molecule has 2 aromatic rings. The second-order valence-corrected chi connectivity index (χ2v) is 5.65. The zero-order chi connectivity index (χ0) is 14.1. The average molecular weight is 275 g/mol. The first-order valence-corrected chi connectivity index (χ1v) is 7.02. The van der Waals surface area contributed by atoms with E-state index < -0.39 is 5.82 Å². The van der Waals surface area contributed by atoms with Crippen molar-refractivity contribution in [1.82, 2.24) is 10.1 Å². The van der Waals surface area contributed by atoms with Crippen LogP contribution in [0.3, 0.4) is 0 Å². The summed E-state index contributed by atoms with van der Waals surface area (Å²) >= 11 is 0. The number of halogens is 1. The molecule has 0 unspecified atom stereocenters. The monoisotopic (exact) mass is 275 g/mol. The fraction of sp³-hybridized carbons (Fsp3) is 0.467. The third-order valence-corrected chi connectivity index (χ3v) is 4.05. The zero-order valence-corrected chi connectivity index (χ0v) is 11.5. The number of anilines is 1. The van der Waals surface area contributed by atoms with Gasteiger partial charge < -0.3 is 10.3 Å². The van der Waals surface area contributed by atoms with Crippen molar-refractivity contribution in [3.8, 4) is 11.5 Å². The summed E-state index contributed by atoms with van der Waals surface area (Å²) in [6.07, 6.45) is 4.52. The van der Waals surface area contributed by atoms with Crippen molar-refractivity contribution in [2.24, 2.45) is 5.92 Å². The Morgan fingerprint density at radius 1 is 1.25 bits per heavy atom. The third kappa shape index (κ3) is 2.53. The highest BCUT2D eigenvalue weighted by Gasteiger charge is 2.24. The molecule has 0 saturated heterocycles. The summed E-state index contributed by atoms with van der Waals surface area (Å²) in [5.74, 6) is 1.60. The minimum atomic E-state index is -0.433. The first-order chi connectivity index (χ1) is 9.63. The van der Waals surface area contributed by atoms with Crippen molar-refractivity contribution in [2.75, 3.05) is 5.73 Å². The first-order valence-electron chi connectivity index (χ1n) is 7.02. The van der Waals surface area contributed by atoms with Crippen molar-refractivity contribution in [3.05, 3.63) is 29.8 Å². The van der Waals surface area contributed by atoms with Gasteiger partial charge in [-0.25, -0.2) is 4.39 Å². The van der Waals surface area contributed by atoms with Gasteiger partial charge in [0.05, 0.1) is 5.56 Å². The summed E-state index contributed by atoms with van der Waals surface area (Å²) < 4.78 is 19.0. The quantitative estimate of drug-likeness (QED) is 0.848. The minimum Gasteiger partial charge on any atom is -0.399 e. The molecule has 1 heterocycles. The molecule has 5 heteroatoms. The molecule has 106 valence electrons. The molecule has 1 saturated carbocycles. The number of nitrogen functional groups attached to an aromatic ring is 1. The number of nitrogens with zero attached hydrogens (tertiary/aromatic N) is 2. The van der Waals surface area contributed by atoms with E-state index in [1.54, 1.807) is 12.1 Å². The molecule has 1 aliphatic carbocycles. The Morgan fingerprint density at radius 2 is 2.00 bits per heavy atom. The number of nitrogens with two attached hydrogens (primary N) is 1. The van der Waals surface area contributed by atoms with Crippen LogP contribution in [0.25, 0.3) is 11.5 Å². The molecule has 0 radical (unpaired) electrons. The lowest BCUT2D eigenvalue weighted by atomic mass is 9.83. The smallest absolute Gasteiger partial charge is 0.260 e. The highest BCUT2D eigenvalue weighted by molar-refractivity contribution is 5.58. The number of hydrogen-bond acceptors (Lipinski definition) is 4. The molecule has 20 heavy (non-hydrogen) atoms. The van der Waals surface area contributed by atoms with Crippen LogP contribution in [0.2, 0.25) is 0 Å². The van der Waals surface area contributed by atoms with Crippen LogP contribution in [0, 0.1) is 11.7 Å². The molecule has 0 amide bonds. The van der Waals surface area contributed by atoms with E-state index in [9.17, 15) is 4.39 Å². The molecule has 0 aliphatic heterocycles. The number of hydrogen-bond donors (Lipinski definition) is 1. The molecule has 1 fully saturated rings. The van der Waals surface area contributed by atoms with Gasteiger partial charge in [0.1, 0.15) is 5.82 Å². The molecule has 0 atom stereocenters. The summed E-state index contributed by atoms with van der Waals surface area (Å²) in [7, 11) is 0. The Hall–Kier alpha value is -1.91. The Kier molecular flexibility index (Phi) is 3.42. The van der Waals surface area contributed by atoms with Crippen LogP contribution in [-0.4, -0.2) is 10.1 Å². The standard InChI is InChI=1S/C15H18FN3O/c1-9-2-4-10(5-3-9)14-18-15(20-19-14)12-7-6-11(17)8-13(12)16/h6-10H,2-5,17H2,1H3. The van der Waals surface area contributed by atoms with Gasteiger partial charge in [-0.05, 0) is 37.0 Å². The minimum absolute atomic E-state index is 0.233. The van der Waals surface area contributed by atoms with Gasteiger partial charge in [-0.15, -0.1) is 0 Å². The molecular formula is C15H18FN3O. The Bertz CT molecular complexity index is 603. The lowest BCUT2D eigenvalue weighted by Gasteiger charge is -2.23. The van der Waals surface area contributed by atoms with E-state index in [2.05, 4.69) is 17.1 Å². The second-order valence-electron chi connectivity index (χ2n) is 5.65. The number of benzene rings is 1. The summed E-state index contributed by atoms with van der Waals surface area (Å²) in [5.41, 5.74) is 6.22. The van der Waals surface area contributed by atoms with Gasteiger partial charge >= 0.3 is 0 Å². The molecule has 0 bridgehead atoms. The van der Waals surface area contributed by atoms with E-state index in [1.165, 1.54) is 18.9 Å². The van der Waals surface area contributed by atoms with E-state index >= 15 is 0 Å². The predicted octanol–water partition coefficient (Wildman–Crippen LogP) is 3.75. The van der Waals surface area contributed by atoms with Gasteiger partial charge in [-0.1, -0.05) is 24.9 Å². The molecular weight excluding hydrogens is 257 g/mol. The van der Waals surface area contributed by atoms with Crippen LogP contribution in [0.15, 0.2) is 22.7 Å². The van der Waals surface area contributed by atoms with Crippen LogP contribution < -0.4 is 5.73 Å². The lowest BCUT2D eigenvalue weighted by molar-refractivity contribution is 0.329. The molecule has 4 nitrogen and oxygen atoms in total. The van der Waals surface area contributed by atoms with Gasteiger partial charge in [0.25, 0.3) is 5.89 Å². The highest BCUT2D eigenvalue weighted by atomic mass is 19.1. The largest absolute Gasteiger partial charge is 0.399 e. The van der Waals surface area contributed by atoms with Crippen molar-refractivity contribution >= 4 is 5.69 Å². The maximum absolute atomic E-state index is 13.8. The normalized spacial score (nSPS) is 22.9. The summed E-state index contributed by atoms with van der Waals surface area (Å²) in [5, 5.41) is 4.02. The molecule has 2 N–H and O–H groups in total. The summed E-state index contributed by atoms with van der Waals surface area (Å²) in [4.78, 5) is 4.36. The molecule has 1 aromatic heterocycles. The van der Waals surface area contributed by atoms with Gasteiger partial charge in [-0.2, -0.15) is 4.98 Å². The molecule has 0 spiro atoms. The van der Waals surface area contributed by atoms with E-state index in [1.807, 2.05) is 0 Å². The van der Waals surface area contributed by atoms with Crippen molar-refractivity contribution in [1.29, 1.82) is 0 Å². The van der Waals surface area contributed by atoms with Crippen LogP contribution in [0.5, 0.6) is 0 Å². The van der Waals surface area contributed by atoms with Crippen LogP contribution >= 0.6 is 0 Å². The van der Waals surface area contributed by atoms with Gasteiger partial charge in [0.15, 0.2) is 5.82 Å². The van der Waals surface area contributed by atoms with Crippen LogP contribution in [0.1, 0.15) is 44.3 Å². The topological polar surface area (TPSA) is 64.9 Å². The fourth-order valence-electron chi connectivity index (χ4n) is 2.73. The van der Waals surface area contributed by atoms with Crippen molar-refractivity contribution in [2.45, 2.75) is 38.5 Å². The average Bonchev–Trinajstić information content (AvgIpc) is 2.89. The zero-order valence-electron chi connectivity index (χ0n) is 11.5. The highest BCUT2D eigenvalue weighted by Crippen LogP contribution is 2.35. The maximum Gasteiger partial charge on any atom is 0.260 e. The van der Waals surface area contributed by atoms with Gasteiger partial charge in [0.2, 0.25) is 0 Å². The van der Waals surface area contributed by atoms with Gasteiger partial charge in [0, 0.05) is 11.6 Å². The van der Waals surface area contributed by atoms with Gasteiger partial charge in [-0.3, -0.25) is 0 Å². The Morgan fingerprint density at radius 3 is 2.70 bits per heavy atom. The molecule has 3 rings (SSSR count). The maximum atomic E-state index is 13.8. The SMILES string of the molecule is CC1CCC(c2noc(-c3ccc(N)cc3F)n2)CC1. The molecule has 1 aliphatic rings. The Balaban J connectivity index is 1.83. The van der Waals surface area contributed by atoms with E-state index in [0.717, 1.165) is 18.8 Å².